The fourth-order valence-electron chi connectivity index (χ4n) is 4.20. The van der Waals surface area contributed by atoms with Crippen LogP contribution in [0.15, 0.2) is 36.5 Å². The maximum atomic E-state index is 12.4. The van der Waals surface area contributed by atoms with E-state index in [4.69, 9.17) is 9.72 Å². The molecule has 1 fully saturated rings. The van der Waals surface area contributed by atoms with Crippen LogP contribution < -0.4 is 5.32 Å². The van der Waals surface area contributed by atoms with Crippen LogP contribution in [-0.2, 0) is 16.1 Å². The number of hydrogen-bond donors (Lipinski definition) is 1. The van der Waals surface area contributed by atoms with Gasteiger partial charge in [-0.15, -0.1) is 0 Å². The van der Waals surface area contributed by atoms with Gasteiger partial charge in [0.05, 0.1) is 13.2 Å². The van der Waals surface area contributed by atoms with Crippen molar-refractivity contribution in [2.45, 2.75) is 27.3 Å². The van der Waals surface area contributed by atoms with Gasteiger partial charge < -0.3 is 15.0 Å². The number of rotatable bonds is 6. The van der Waals surface area contributed by atoms with Gasteiger partial charge in [-0.05, 0) is 56.2 Å². The smallest absolute Gasteiger partial charge is 0.325 e. The third-order valence-corrected chi connectivity index (χ3v) is 5.66. The van der Waals surface area contributed by atoms with Crippen molar-refractivity contribution in [1.29, 1.82) is 0 Å². The second-order valence-electron chi connectivity index (χ2n) is 8.28. The lowest BCUT2D eigenvalue weighted by Crippen LogP contribution is -2.52. The van der Waals surface area contributed by atoms with E-state index in [1.54, 1.807) is 18.0 Å². The van der Waals surface area contributed by atoms with Gasteiger partial charge >= 0.3 is 12.0 Å². The van der Waals surface area contributed by atoms with Gasteiger partial charge in [-0.25, -0.2) is 14.8 Å². The first-order valence-electron chi connectivity index (χ1n) is 11.3. The number of hydrogen-bond acceptors (Lipinski definition) is 6. The fourth-order valence-corrected chi connectivity index (χ4v) is 4.20. The Morgan fingerprint density at radius 2 is 1.82 bits per heavy atom. The molecule has 174 valence electrons. The average Bonchev–Trinajstić information content (AvgIpc) is 3.15. The SMILES string of the molecule is CCOC(=O)CNC(=O)N1CCN(Cc2nc3cccnc3n2-c2cc(C)cc(C)c2)CC1. The molecule has 1 aliphatic heterocycles. The van der Waals surface area contributed by atoms with Crippen molar-refractivity contribution in [3.05, 3.63) is 53.5 Å². The minimum atomic E-state index is -0.427. The normalized spacial score (nSPS) is 14.5. The molecule has 2 aromatic heterocycles. The number of nitrogens with one attached hydrogen (secondary N) is 1. The van der Waals surface area contributed by atoms with Crippen LogP contribution in [-0.4, -0.2) is 75.7 Å². The van der Waals surface area contributed by atoms with Crippen LogP contribution in [0.1, 0.15) is 23.9 Å². The van der Waals surface area contributed by atoms with E-state index in [2.05, 4.69) is 51.8 Å². The van der Waals surface area contributed by atoms with Crippen molar-refractivity contribution in [1.82, 2.24) is 29.7 Å². The molecule has 33 heavy (non-hydrogen) atoms. The summed E-state index contributed by atoms with van der Waals surface area (Å²) in [6, 6.07) is 10.1. The van der Waals surface area contributed by atoms with Gasteiger partial charge in [0.25, 0.3) is 0 Å². The van der Waals surface area contributed by atoms with Crippen LogP contribution in [0, 0.1) is 13.8 Å². The van der Waals surface area contributed by atoms with E-state index >= 15 is 0 Å². The third kappa shape index (κ3) is 5.31. The van der Waals surface area contributed by atoms with E-state index in [9.17, 15) is 9.59 Å². The Morgan fingerprint density at radius 1 is 1.09 bits per heavy atom. The number of ether oxygens (including phenoxy) is 1. The predicted molar refractivity (Wildman–Crippen MR) is 125 cm³/mol. The number of esters is 1. The maximum Gasteiger partial charge on any atom is 0.325 e. The number of piperazine rings is 1. The van der Waals surface area contributed by atoms with Crippen molar-refractivity contribution < 1.29 is 14.3 Å². The van der Waals surface area contributed by atoms with Crippen LogP contribution in [0.5, 0.6) is 0 Å². The summed E-state index contributed by atoms with van der Waals surface area (Å²) >= 11 is 0. The number of pyridine rings is 1. The third-order valence-electron chi connectivity index (χ3n) is 5.66. The molecule has 0 saturated carbocycles. The number of carbonyl (C=O) groups excluding carboxylic acids is 2. The molecule has 0 radical (unpaired) electrons. The lowest BCUT2D eigenvalue weighted by molar-refractivity contribution is -0.141. The molecule has 9 nitrogen and oxygen atoms in total. The molecule has 0 spiro atoms. The molecule has 3 heterocycles. The molecule has 1 aromatic carbocycles. The number of nitrogens with zero attached hydrogens (tertiary/aromatic N) is 5. The zero-order valence-corrected chi connectivity index (χ0v) is 19.4. The largest absolute Gasteiger partial charge is 0.465 e. The van der Waals surface area contributed by atoms with Crippen molar-refractivity contribution in [2.75, 3.05) is 39.3 Å². The molecule has 1 N–H and O–H groups in total. The zero-order chi connectivity index (χ0) is 23.4. The fraction of sp³-hybridized carbons (Fsp3) is 0.417. The number of benzene rings is 1. The molecule has 0 bridgehead atoms. The predicted octanol–water partition coefficient (Wildman–Crippen LogP) is 2.43. The van der Waals surface area contributed by atoms with Gasteiger partial charge in [-0.3, -0.25) is 14.3 Å². The summed E-state index contributed by atoms with van der Waals surface area (Å²) in [7, 11) is 0. The number of amides is 2. The van der Waals surface area contributed by atoms with Crippen LogP contribution in [0.2, 0.25) is 0 Å². The molecule has 2 amide bonds. The van der Waals surface area contributed by atoms with Gasteiger partial charge in [-0.1, -0.05) is 6.07 Å². The monoisotopic (exact) mass is 450 g/mol. The Bertz CT molecular complexity index is 1130. The summed E-state index contributed by atoms with van der Waals surface area (Å²) in [6.45, 7) is 9.37. The molecule has 0 aliphatic carbocycles. The number of carbonyl (C=O) groups is 2. The maximum absolute atomic E-state index is 12.4. The second kappa shape index (κ2) is 9.99. The Labute approximate surface area is 193 Å². The summed E-state index contributed by atoms with van der Waals surface area (Å²) in [6.07, 6.45) is 1.79. The van der Waals surface area contributed by atoms with Crippen molar-refractivity contribution in [3.8, 4) is 5.69 Å². The van der Waals surface area contributed by atoms with Gasteiger partial charge in [0.15, 0.2) is 5.65 Å². The first kappa shape index (κ1) is 22.7. The van der Waals surface area contributed by atoms with Crippen molar-refractivity contribution in [3.63, 3.8) is 0 Å². The highest BCUT2D eigenvalue weighted by Crippen LogP contribution is 2.23. The Kier molecular flexibility index (Phi) is 6.88. The lowest BCUT2D eigenvalue weighted by Gasteiger charge is -2.34. The van der Waals surface area contributed by atoms with Crippen LogP contribution >= 0.6 is 0 Å². The van der Waals surface area contributed by atoms with E-state index in [1.165, 1.54) is 11.1 Å². The summed E-state index contributed by atoms with van der Waals surface area (Å²) in [5.74, 6) is 0.497. The topological polar surface area (TPSA) is 92.6 Å². The summed E-state index contributed by atoms with van der Waals surface area (Å²) in [5, 5.41) is 2.63. The minimum absolute atomic E-state index is 0.111. The lowest BCUT2D eigenvalue weighted by atomic mass is 10.1. The highest BCUT2D eigenvalue weighted by atomic mass is 16.5. The number of aromatic nitrogens is 3. The standard InChI is InChI=1S/C24H30N6O3/c1-4-33-22(31)15-26-24(32)29-10-8-28(9-11-29)16-21-27-20-6-5-7-25-23(20)30(21)19-13-17(2)12-18(3)14-19/h5-7,12-14H,4,8-11,15-16H2,1-3H3,(H,26,32). The highest BCUT2D eigenvalue weighted by molar-refractivity contribution is 5.81. The van der Waals surface area contributed by atoms with E-state index in [0.29, 0.717) is 26.2 Å². The Balaban J connectivity index is 1.46. The van der Waals surface area contributed by atoms with Gasteiger partial charge in [0.1, 0.15) is 17.9 Å². The van der Waals surface area contributed by atoms with E-state index in [0.717, 1.165) is 35.8 Å². The molecule has 0 atom stereocenters. The van der Waals surface area contributed by atoms with Crippen molar-refractivity contribution in [2.24, 2.45) is 0 Å². The van der Waals surface area contributed by atoms with E-state index in [1.807, 2.05) is 12.1 Å². The minimum Gasteiger partial charge on any atom is -0.465 e. The number of fused-ring (bicyclic) bond motifs is 1. The molecular formula is C24H30N6O3. The summed E-state index contributed by atoms with van der Waals surface area (Å²) in [4.78, 5) is 37.3. The Hall–Kier alpha value is -3.46. The summed E-state index contributed by atoms with van der Waals surface area (Å²) in [5.41, 5.74) is 5.14. The number of imidazole rings is 1. The number of aryl methyl sites for hydroxylation is 2. The second-order valence-corrected chi connectivity index (χ2v) is 8.28. The average molecular weight is 451 g/mol. The zero-order valence-electron chi connectivity index (χ0n) is 19.4. The van der Waals surface area contributed by atoms with Crippen LogP contribution in [0.3, 0.4) is 0 Å². The molecule has 4 rings (SSSR count). The highest BCUT2D eigenvalue weighted by Gasteiger charge is 2.24. The van der Waals surface area contributed by atoms with Gasteiger partial charge in [-0.2, -0.15) is 0 Å². The van der Waals surface area contributed by atoms with Crippen LogP contribution in [0.4, 0.5) is 4.79 Å². The van der Waals surface area contributed by atoms with E-state index in [-0.39, 0.29) is 12.6 Å². The molecule has 1 saturated heterocycles. The first-order valence-corrected chi connectivity index (χ1v) is 11.3. The first-order chi connectivity index (χ1) is 15.9. The Morgan fingerprint density at radius 3 is 2.52 bits per heavy atom. The molecular weight excluding hydrogens is 420 g/mol. The van der Waals surface area contributed by atoms with Gasteiger partial charge in [0.2, 0.25) is 0 Å². The van der Waals surface area contributed by atoms with Gasteiger partial charge in [0, 0.05) is 38.1 Å². The van der Waals surface area contributed by atoms with Crippen LogP contribution in [0.25, 0.3) is 16.9 Å². The summed E-state index contributed by atoms with van der Waals surface area (Å²) < 4.78 is 6.99. The molecule has 9 heteroatoms. The van der Waals surface area contributed by atoms with Crippen molar-refractivity contribution >= 4 is 23.2 Å². The quantitative estimate of drug-likeness (QED) is 0.580. The molecule has 3 aromatic rings. The number of urea groups is 1. The molecule has 0 unspecified atom stereocenters. The molecule has 1 aliphatic rings. The van der Waals surface area contributed by atoms with E-state index < -0.39 is 5.97 Å².